The van der Waals surface area contributed by atoms with Crippen molar-refractivity contribution < 1.29 is 0 Å². The van der Waals surface area contributed by atoms with E-state index >= 15 is 0 Å². The third kappa shape index (κ3) is 5.74. The zero-order chi connectivity index (χ0) is 5.70. The zero-order valence-electron chi connectivity index (χ0n) is 4.91. The molecule has 0 aliphatic heterocycles. The van der Waals surface area contributed by atoms with Crippen molar-refractivity contribution in [3.05, 3.63) is 25.5 Å². The maximum atomic E-state index is 3.71. The predicted molar refractivity (Wildman–Crippen MR) is 33.7 cm³/mol. The maximum Gasteiger partial charge on any atom is -0.0286 e. The lowest BCUT2D eigenvalue weighted by Gasteiger charge is -1.84. The molecule has 0 atom stereocenters. The molecule has 0 fully saturated rings. The first-order valence-corrected chi connectivity index (χ1v) is 2.55. The molecule has 7 heavy (non-hydrogen) atoms. The summed E-state index contributed by atoms with van der Waals surface area (Å²) in [7, 11) is 0. The molecule has 0 rings (SSSR count). The van der Waals surface area contributed by atoms with Gasteiger partial charge in [0.2, 0.25) is 0 Å². The second-order valence-corrected chi connectivity index (χ2v) is 1.69. The average molecular weight is 96.2 g/mol. The minimum Gasteiger partial charge on any atom is -0.0856 e. The first-order chi connectivity index (χ1) is 3.27. The second-order valence-electron chi connectivity index (χ2n) is 1.69. The molecule has 0 nitrogen and oxygen atoms in total. The van der Waals surface area contributed by atoms with E-state index < -0.39 is 0 Å². The summed E-state index contributed by atoms with van der Waals surface area (Å²) in [4.78, 5) is 0. The van der Waals surface area contributed by atoms with Crippen LogP contribution in [0.1, 0.15) is 19.8 Å². The topological polar surface area (TPSA) is 0 Å². The van der Waals surface area contributed by atoms with Crippen molar-refractivity contribution in [2.24, 2.45) is 0 Å². The van der Waals surface area contributed by atoms with Gasteiger partial charge in [-0.25, -0.2) is 0 Å². The van der Waals surface area contributed by atoms with E-state index in [-0.39, 0.29) is 0 Å². The molecule has 0 N–H and O–H groups in total. The first-order valence-electron chi connectivity index (χ1n) is 2.55. The Morgan fingerprint density at radius 1 is 1.71 bits per heavy atom. The lowest BCUT2D eigenvalue weighted by molar-refractivity contribution is 1.04. The Kier molecular flexibility index (Phi) is 3.77. The lowest BCUT2D eigenvalue weighted by atomic mass is 10.2. The van der Waals surface area contributed by atoms with Crippen molar-refractivity contribution in [1.82, 2.24) is 0 Å². The van der Waals surface area contributed by atoms with Crippen LogP contribution in [0.15, 0.2) is 11.6 Å². The van der Waals surface area contributed by atoms with Gasteiger partial charge < -0.3 is 0 Å². The molecule has 0 heteroatoms. The highest BCUT2D eigenvalue weighted by molar-refractivity contribution is 5.00. The summed E-state index contributed by atoms with van der Waals surface area (Å²) in [6, 6.07) is 0. The maximum absolute atomic E-state index is 3.71. The Balaban J connectivity index is 3.08. The van der Waals surface area contributed by atoms with Crippen LogP contribution >= 0.6 is 0 Å². The summed E-state index contributed by atoms with van der Waals surface area (Å²) < 4.78 is 0. The Morgan fingerprint density at radius 3 is 2.43 bits per heavy atom. The Hall–Kier alpha value is -0.260. The van der Waals surface area contributed by atoms with E-state index in [0.717, 1.165) is 18.4 Å². The summed E-state index contributed by atoms with van der Waals surface area (Å²) in [5.74, 6) is 0. The van der Waals surface area contributed by atoms with Crippen LogP contribution in [0, 0.1) is 13.8 Å². The van der Waals surface area contributed by atoms with Gasteiger partial charge in [-0.05, 0) is 26.7 Å². The minimum absolute atomic E-state index is 0.979. The molecule has 0 amide bonds. The fourth-order valence-corrected chi connectivity index (χ4v) is 0.348. The fourth-order valence-electron chi connectivity index (χ4n) is 0.348. The first kappa shape index (κ1) is 6.74. The van der Waals surface area contributed by atoms with Gasteiger partial charge in [-0.3, -0.25) is 0 Å². The molecule has 0 aliphatic carbocycles. The fraction of sp³-hybridized carbons (Fsp3) is 0.429. The Labute approximate surface area is 46.2 Å². The van der Waals surface area contributed by atoms with Gasteiger partial charge in [0.1, 0.15) is 0 Å². The van der Waals surface area contributed by atoms with Gasteiger partial charge in [0.05, 0.1) is 0 Å². The molecule has 0 saturated heterocycles. The normalized spacial score (nSPS) is 12.1. The highest BCUT2D eigenvalue weighted by Gasteiger charge is 1.73. The van der Waals surface area contributed by atoms with Crippen LogP contribution < -0.4 is 0 Å². The van der Waals surface area contributed by atoms with Gasteiger partial charge in [-0.15, -0.1) is 0 Å². The molecule has 40 valence electrons. The van der Waals surface area contributed by atoms with Crippen LogP contribution in [0.2, 0.25) is 0 Å². The number of allylic oxidation sites excluding steroid dienone is 2. The summed E-state index contributed by atoms with van der Waals surface area (Å²) >= 11 is 0. The SMILES string of the molecule is [CH2]CC/C=C(/[CH2])C. The number of hydrogen-bond donors (Lipinski definition) is 0. The molecule has 0 saturated carbocycles. The van der Waals surface area contributed by atoms with Crippen molar-refractivity contribution in [2.45, 2.75) is 19.8 Å². The van der Waals surface area contributed by atoms with E-state index in [9.17, 15) is 0 Å². The molecule has 0 aromatic rings. The van der Waals surface area contributed by atoms with Gasteiger partial charge in [-0.2, -0.15) is 0 Å². The van der Waals surface area contributed by atoms with Gasteiger partial charge in [0.15, 0.2) is 0 Å². The van der Waals surface area contributed by atoms with Crippen LogP contribution in [0.3, 0.4) is 0 Å². The molecule has 0 aliphatic rings. The number of hydrogen-bond acceptors (Lipinski definition) is 0. The van der Waals surface area contributed by atoms with Crippen LogP contribution in [-0.2, 0) is 0 Å². The van der Waals surface area contributed by atoms with Crippen LogP contribution in [0.5, 0.6) is 0 Å². The smallest absolute Gasteiger partial charge is 0.0286 e. The molecule has 0 bridgehead atoms. The van der Waals surface area contributed by atoms with Crippen LogP contribution in [-0.4, -0.2) is 0 Å². The Bertz CT molecular complexity index is 56.4. The van der Waals surface area contributed by atoms with Gasteiger partial charge >= 0.3 is 0 Å². The average Bonchev–Trinajstić information content (AvgIpc) is 1.61. The van der Waals surface area contributed by atoms with Gasteiger partial charge in [0.25, 0.3) is 0 Å². The molecular weight excluding hydrogens is 84.1 g/mol. The summed E-state index contributed by atoms with van der Waals surface area (Å²) in [5, 5.41) is 0. The van der Waals surface area contributed by atoms with Gasteiger partial charge in [0, 0.05) is 0 Å². The van der Waals surface area contributed by atoms with Crippen LogP contribution in [0.4, 0.5) is 0 Å². The van der Waals surface area contributed by atoms with Crippen molar-refractivity contribution in [2.75, 3.05) is 0 Å². The summed E-state index contributed by atoms with van der Waals surface area (Å²) in [6.45, 7) is 9.39. The molecule has 0 heterocycles. The summed E-state index contributed by atoms with van der Waals surface area (Å²) in [6.07, 6.45) is 4.13. The molecule has 2 radical (unpaired) electrons. The quantitative estimate of drug-likeness (QED) is 0.495. The monoisotopic (exact) mass is 96.1 g/mol. The predicted octanol–water partition coefficient (Wildman–Crippen LogP) is 2.38. The zero-order valence-corrected chi connectivity index (χ0v) is 4.91. The van der Waals surface area contributed by atoms with Crippen molar-refractivity contribution in [1.29, 1.82) is 0 Å². The van der Waals surface area contributed by atoms with Crippen molar-refractivity contribution >= 4 is 0 Å². The summed E-state index contributed by atoms with van der Waals surface area (Å²) in [5.41, 5.74) is 1.14. The molecular formula is C7H12. The van der Waals surface area contributed by atoms with E-state index in [0.29, 0.717) is 0 Å². The Morgan fingerprint density at radius 2 is 2.29 bits per heavy atom. The van der Waals surface area contributed by atoms with E-state index in [2.05, 4.69) is 19.9 Å². The minimum atomic E-state index is 0.979. The lowest BCUT2D eigenvalue weighted by Crippen LogP contribution is -1.64. The van der Waals surface area contributed by atoms with Gasteiger partial charge in [-0.1, -0.05) is 18.6 Å². The molecule has 0 aromatic heterocycles. The van der Waals surface area contributed by atoms with Crippen LogP contribution in [0.25, 0.3) is 0 Å². The largest absolute Gasteiger partial charge is 0.0856 e. The highest BCUT2D eigenvalue weighted by atomic mass is 13.8. The molecule has 0 spiro atoms. The number of rotatable bonds is 2. The second kappa shape index (κ2) is 3.91. The van der Waals surface area contributed by atoms with E-state index in [1.165, 1.54) is 0 Å². The van der Waals surface area contributed by atoms with Crippen molar-refractivity contribution in [3.63, 3.8) is 0 Å². The molecule has 0 unspecified atom stereocenters. The van der Waals surface area contributed by atoms with E-state index in [1.807, 2.05) is 6.92 Å². The van der Waals surface area contributed by atoms with E-state index in [1.54, 1.807) is 0 Å². The highest BCUT2D eigenvalue weighted by Crippen LogP contribution is 1.93. The standard InChI is InChI=1S/C7H12/c1-4-5-6-7(2)3/h6H,1-2,4-5H2,3H3/b7-6-. The van der Waals surface area contributed by atoms with Crippen molar-refractivity contribution in [3.8, 4) is 0 Å². The third-order valence-electron chi connectivity index (χ3n) is 0.697. The van der Waals surface area contributed by atoms with E-state index in [4.69, 9.17) is 0 Å². The number of unbranched alkanes of at least 4 members (excludes halogenated alkanes) is 1. The molecule has 0 aromatic carbocycles. The third-order valence-corrected chi connectivity index (χ3v) is 0.697.